The Kier molecular flexibility index (Phi) is 3.80. The number of hydrogen-bond donors (Lipinski definition) is 0. The first-order chi connectivity index (χ1) is 10.4. The summed E-state index contributed by atoms with van der Waals surface area (Å²) in [6, 6.07) is 3.93. The van der Waals surface area contributed by atoms with Crippen LogP contribution in [0.2, 0.25) is 0 Å². The average Bonchev–Trinajstić information content (AvgIpc) is 2.46. The summed E-state index contributed by atoms with van der Waals surface area (Å²) in [7, 11) is 0. The van der Waals surface area contributed by atoms with Crippen LogP contribution in [0, 0.1) is 0 Å². The van der Waals surface area contributed by atoms with Crippen LogP contribution in [-0.4, -0.2) is 35.7 Å². The molecule has 0 saturated carbocycles. The fraction of sp³-hybridized carbons (Fsp3) is 0.500. The first kappa shape index (κ1) is 15.2. The zero-order valence-corrected chi connectivity index (χ0v) is 12.0. The smallest absolute Gasteiger partial charge is 0.294 e. The standard InChI is InChI=1S/C16H16F3NO2/c17-16(18,19)14(22)9-20-7-6-10-4-5-11-2-1-3-13(21)15(11)12(10)8-20/h4-5H,1-3,6-9H2. The van der Waals surface area contributed by atoms with Crippen LogP contribution in [0.3, 0.4) is 0 Å². The largest absolute Gasteiger partial charge is 0.451 e. The van der Waals surface area contributed by atoms with Crippen molar-refractivity contribution in [1.82, 2.24) is 4.90 Å². The maximum atomic E-state index is 12.4. The van der Waals surface area contributed by atoms with Crippen molar-refractivity contribution < 1.29 is 22.8 Å². The van der Waals surface area contributed by atoms with Crippen molar-refractivity contribution in [3.05, 3.63) is 34.4 Å². The number of aryl methyl sites for hydroxylation is 1. The topological polar surface area (TPSA) is 37.4 Å². The Morgan fingerprint density at radius 2 is 1.86 bits per heavy atom. The van der Waals surface area contributed by atoms with Gasteiger partial charge in [-0.1, -0.05) is 12.1 Å². The zero-order chi connectivity index (χ0) is 15.9. The molecule has 0 bridgehead atoms. The predicted molar refractivity (Wildman–Crippen MR) is 73.8 cm³/mol. The molecule has 6 heteroatoms. The van der Waals surface area contributed by atoms with Gasteiger partial charge in [0.15, 0.2) is 5.78 Å². The van der Waals surface area contributed by atoms with E-state index in [2.05, 4.69) is 0 Å². The van der Waals surface area contributed by atoms with E-state index in [-0.39, 0.29) is 12.3 Å². The number of fused-ring (bicyclic) bond motifs is 3. The normalized spacial score (nSPS) is 18.8. The fourth-order valence-electron chi connectivity index (χ4n) is 3.28. The highest BCUT2D eigenvalue weighted by Crippen LogP contribution is 2.31. The van der Waals surface area contributed by atoms with E-state index in [1.807, 2.05) is 12.1 Å². The van der Waals surface area contributed by atoms with E-state index in [9.17, 15) is 22.8 Å². The summed E-state index contributed by atoms with van der Waals surface area (Å²) in [5, 5.41) is 0. The van der Waals surface area contributed by atoms with Crippen LogP contribution in [0.1, 0.15) is 39.9 Å². The monoisotopic (exact) mass is 311 g/mol. The second-order valence-corrected chi connectivity index (χ2v) is 5.90. The summed E-state index contributed by atoms with van der Waals surface area (Å²) in [6.07, 6.45) is -2.09. The highest BCUT2D eigenvalue weighted by Gasteiger charge is 2.39. The minimum Gasteiger partial charge on any atom is -0.294 e. The van der Waals surface area contributed by atoms with Gasteiger partial charge in [0, 0.05) is 25.1 Å². The summed E-state index contributed by atoms with van der Waals surface area (Å²) < 4.78 is 37.2. The van der Waals surface area contributed by atoms with Crippen molar-refractivity contribution in [3.8, 4) is 0 Å². The van der Waals surface area contributed by atoms with Gasteiger partial charge in [-0.3, -0.25) is 14.5 Å². The molecule has 0 saturated heterocycles. The third kappa shape index (κ3) is 2.79. The maximum Gasteiger partial charge on any atom is 0.451 e. The van der Waals surface area contributed by atoms with E-state index in [1.54, 1.807) is 0 Å². The molecule has 1 aromatic carbocycles. The number of benzene rings is 1. The Morgan fingerprint density at radius 1 is 1.14 bits per heavy atom. The average molecular weight is 311 g/mol. The van der Waals surface area contributed by atoms with Crippen molar-refractivity contribution in [2.45, 2.75) is 38.4 Å². The lowest BCUT2D eigenvalue weighted by atomic mass is 9.83. The van der Waals surface area contributed by atoms with Crippen molar-refractivity contribution in [2.24, 2.45) is 0 Å². The number of nitrogens with zero attached hydrogens (tertiary/aromatic N) is 1. The Bertz CT molecular complexity index is 637. The van der Waals surface area contributed by atoms with E-state index in [1.165, 1.54) is 4.90 Å². The van der Waals surface area contributed by atoms with Gasteiger partial charge in [-0.05, 0) is 36.0 Å². The SMILES string of the molecule is O=C1CCCc2ccc3c(c21)CN(CC(=O)C(F)(F)F)CC3. The fourth-order valence-corrected chi connectivity index (χ4v) is 3.28. The third-order valence-electron chi connectivity index (χ3n) is 4.39. The van der Waals surface area contributed by atoms with Gasteiger partial charge in [-0.2, -0.15) is 13.2 Å². The number of rotatable bonds is 2. The molecular weight excluding hydrogens is 295 g/mol. The highest BCUT2D eigenvalue weighted by atomic mass is 19.4. The molecule has 3 nitrogen and oxygen atoms in total. The van der Waals surface area contributed by atoms with Crippen LogP contribution in [0.5, 0.6) is 0 Å². The number of Topliss-reactive ketones (excluding diaryl/α,β-unsaturated/α-hetero) is 2. The highest BCUT2D eigenvalue weighted by molar-refractivity contribution is 6.00. The molecule has 1 heterocycles. The van der Waals surface area contributed by atoms with Gasteiger partial charge in [0.1, 0.15) is 0 Å². The van der Waals surface area contributed by atoms with E-state index >= 15 is 0 Å². The Balaban J connectivity index is 1.86. The second-order valence-electron chi connectivity index (χ2n) is 5.90. The van der Waals surface area contributed by atoms with Crippen molar-refractivity contribution in [2.75, 3.05) is 13.1 Å². The zero-order valence-electron chi connectivity index (χ0n) is 12.0. The van der Waals surface area contributed by atoms with E-state index < -0.39 is 18.5 Å². The number of ketones is 2. The Labute approximate surface area is 126 Å². The van der Waals surface area contributed by atoms with Crippen LogP contribution >= 0.6 is 0 Å². The van der Waals surface area contributed by atoms with Crippen molar-refractivity contribution in [3.63, 3.8) is 0 Å². The summed E-state index contributed by atoms with van der Waals surface area (Å²) in [6.45, 7) is 0.00859. The lowest BCUT2D eigenvalue weighted by molar-refractivity contribution is -0.172. The van der Waals surface area contributed by atoms with Gasteiger partial charge in [-0.15, -0.1) is 0 Å². The lowest BCUT2D eigenvalue weighted by Gasteiger charge is -2.31. The molecule has 1 aromatic rings. The number of carbonyl (C=O) groups excluding carboxylic acids is 2. The second kappa shape index (κ2) is 5.50. The summed E-state index contributed by atoms with van der Waals surface area (Å²) in [4.78, 5) is 24.8. The molecule has 0 N–H and O–H groups in total. The molecule has 0 fully saturated rings. The number of carbonyl (C=O) groups is 2. The molecule has 0 aromatic heterocycles. The predicted octanol–water partition coefficient (Wildman–Crippen LogP) is 2.70. The molecular formula is C16H16F3NO2. The van der Waals surface area contributed by atoms with Crippen LogP contribution < -0.4 is 0 Å². The molecule has 1 aliphatic heterocycles. The molecule has 0 atom stereocenters. The summed E-state index contributed by atoms with van der Waals surface area (Å²) in [5.41, 5.74) is 3.51. The van der Waals surface area contributed by atoms with E-state index in [0.29, 0.717) is 24.9 Å². The van der Waals surface area contributed by atoms with Gasteiger partial charge >= 0.3 is 6.18 Å². The van der Waals surface area contributed by atoms with Gasteiger partial charge < -0.3 is 0 Å². The van der Waals surface area contributed by atoms with Crippen LogP contribution in [-0.2, 0) is 24.2 Å². The van der Waals surface area contributed by atoms with Gasteiger partial charge in [0.2, 0.25) is 5.78 Å². The number of halogens is 3. The number of alkyl halides is 3. The summed E-state index contributed by atoms with van der Waals surface area (Å²) in [5.74, 6) is -1.66. The molecule has 3 rings (SSSR count). The lowest BCUT2D eigenvalue weighted by Crippen LogP contribution is -2.40. The third-order valence-corrected chi connectivity index (χ3v) is 4.39. The molecule has 1 aliphatic carbocycles. The Morgan fingerprint density at radius 3 is 2.59 bits per heavy atom. The van der Waals surface area contributed by atoms with Crippen molar-refractivity contribution in [1.29, 1.82) is 0 Å². The maximum absolute atomic E-state index is 12.4. The molecule has 0 unspecified atom stereocenters. The van der Waals surface area contributed by atoms with Gasteiger partial charge in [-0.25, -0.2) is 0 Å². The quantitative estimate of drug-likeness (QED) is 0.843. The molecule has 0 spiro atoms. The molecule has 22 heavy (non-hydrogen) atoms. The van der Waals surface area contributed by atoms with Crippen LogP contribution in [0.15, 0.2) is 12.1 Å². The van der Waals surface area contributed by atoms with Crippen LogP contribution in [0.25, 0.3) is 0 Å². The molecule has 2 aliphatic rings. The van der Waals surface area contributed by atoms with E-state index in [4.69, 9.17) is 0 Å². The first-order valence-corrected chi connectivity index (χ1v) is 7.35. The Hall–Kier alpha value is -1.69. The summed E-state index contributed by atoms with van der Waals surface area (Å²) >= 11 is 0. The molecule has 118 valence electrons. The molecule has 0 radical (unpaired) electrons. The molecule has 0 amide bonds. The first-order valence-electron chi connectivity index (χ1n) is 7.35. The van der Waals surface area contributed by atoms with Crippen molar-refractivity contribution >= 4 is 11.6 Å². The van der Waals surface area contributed by atoms with Gasteiger partial charge in [0.25, 0.3) is 0 Å². The van der Waals surface area contributed by atoms with Gasteiger partial charge in [0.05, 0.1) is 6.54 Å². The van der Waals surface area contributed by atoms with Crippen LogP contribution in [0.4, 0.5) is 13.2 Å². The minimum absolute atomic E-state index is 0.0714. The minimum atomic E-state index is -4.80. The number of hydrogen-bond acceptors (Lipinski definition) is 3. The van der Waals surface area contributed by atoms with E-state index in [0.717, 1.165) is 29.5 Å².